The van der Waals surface area contributed by atoms with Crippen LogP contribution in [0.4, 0.5) is 0 Å². The van der Waals surface area contributed by atoms with Crippen molar-refractivity contribution in [1.29, 1.82) is 0 Å². The van der Waals surface area contributed by atoms with Crippen LogP contribution in [0.3, 0.4) is 0 Å². The Morgan fingerprint density at radius 2 is 1.67 bits per heavy atom. The Balaban J connectivity index is 0.000000640. The van der Waals surface area contributed by atoms with Gasteiger partial charge in [0.15, 0.2) is 5.75 Å². The SMILES string of the molecule is C.OOc1ccccc1. The Bertz CT molecular complexity index is 148. The molecule has 2 heteroatoms. The van der Waals surface area contributed by atoms with Crippen molar-refractivity contribution < 1.29 is 10.1 Å². The lowest BCUT2D eigenvalue weighted by Gasteiger charge is -1.90. The van der Waals surface area contributed by atoms with Gasteiger partial charge in [0, 0.05) is 0 Å². The van der Waals surface area contributed by atoms with Crippen molar-refractivity contribution in [2.45, 2.75) is 7.43 Å². The van der Waals surface area contributed by atoms with Crippen LogP contribution in [0.1, 0.15) is 7.43 Å². The van der Waals surface area contributed by atoms with Crippen LogP contribution in [-0.4, -0.2) is 5.26 Å². The minimum absolute atomic E-state index is 0. The summed E-state index contributed by atoms with van der Waals surface area (Å²) < 4.78 is 0. The molecule has 9 heavy (non-hydrogen) atoms. The van der Waals surface area contributed by atoms with Crippen molar-refractivity contribution in [1.82, 2.24) is 0 Å². The van der Waals surface area contributed by atoms with E-state index in [0.717, 1.165) is 0 Å². The van der Waals surface area contributed by atoms with Crippen LogP contribution in [0.5, 0.6) is 5.75 Å². The first kappa shape index (κ1) is 7.98. The van der Waals surface area contributed by atoms with Crippen LogP contribution in [0.15, 0.2) is 30.3 Å². The molecule has 1 aromatic rings. The molecule has 1 rings (SSSR count). The van der Waals surface area contributed by atoms with Gasteiger partial charge in [0.1, 0.15) is 0 Å². The molecule has 0 heterocycles. The van der Waals surface area contributed by atoms with Gasteiger partial charge in [-0.1, -0.05) is 25.6 Å². The highest BCUT2D eigenvalue weighted by Crippen LogP contribution is 2.05. The average molecular weight is 126 g/mol. The molecule has 0 saturated heterocycles. The lowest BCUT2D eigenvalue weighted by atomic mass is 10.3. The molecule has 0 aromatic heterocycles. The summed E-state index contributed by atoms with van der Waals surface area (Å²) >= 11 is 0. The molecule has 0 saturated carbocycles. The zero-order valence-electron chi connectivity index (χ0n) is 4.24. The van der Waals surface area contributed by atoms with E-state index in [1.807, 2.05) is 6.07 Å². The van der Waals surface area contributed by atoms with Gasteiger partial charge in [-0.2, -0.15) is 0 Å². The van der Waals surface area contributed by atoms with E-state index in [1.54, 1.807) is 24.3 Å². The Morgan fingerprint density at radius 1 is 1.11 bits per heavy atom. The van der Waals surface area contributed by atoms with Gasteiger partial charge < -0.3 is 4.89 Å². The van der Waals surface area contributed by atoms with Gasteiger partial charge in [0.2, 0.25) is 0 Å². The first-order valence-corrected chi connectivity index (χ1v) is 2.30. The van der Waals surface area contributed by atoms with Crippen LogP contribution in [0.25, 0.3) is 0 Å². The number of hydrogen-bond donors (Lipinski definition) is 1. The maximum Gasteiger partial charge on any atom is 0.165 e. The zero-order valence-corrected chi connectivity index (χ0v) is 4.24. The van der Waals surface area contributed by atoms with Gasteiger partial charge in [-0.3, -0.25) is 0 Å². The fourth-order valence-corrected chi connectivity index (χ4v) is 0.481. The molecular formula is C7H10O2. The predicted octanol–water partition coefficient (Wildman–Crippen LogP) is 2.17. The summed E-state index contributed by atoms with van der Waals surface area (Å²) in [5.74, 6) is 0.465. The highest BCUT2D eigenvalue weighted by molar-refractivity contribution is 5.19. The number of benzene rings is 1. The fraction of sp³-hybridized carbons (Fsp3) is 0.143. The molecular weight excluding hydrogens is 116 g/mol. The second-order valence-corrected chi connectivity index (χ2v) is 1.40. The second kappa shape index (κ2) is 3.92. The van der Waals surface area contributed by atoms with Crippen molar-refractivity contribution in [3.63, 3.8) is 0 Å². The first-order chi connectivity index (χ1) is 3.93. The molecule has 0 amide bonds. The van der Waals surface area contributed by atoms with Crippen molar-refractivity contribution in [3.8, 4) is 5.75 Å². The van der Waals surface area contributed by atoms with E-state index in [-0.39, 0.29) is 7.43 Å². The minimum Gasteiger partial charge on any atom is -0.340 e. The number of rotatable bonds is 1. The molecule has 0 aliphatic rings. The standard InChI is InChI=1S/C6H6O2.CH4/c7-8-6-4-2-1-3-5-6;/h1-5,7H;1H4. The lowest BCUT2D eigenvalue weighted by molar-refractivity contribution is -0.137. The van der Waals surface area contributed by atoms with Crippen LogP contribution in [0.2, 0.25) is 0 Å². The van der Waals surface area contributed by atoms with Crippen LogP contribution in [0, 0.1) is 0 Å². The fourth-order valence-electron chi connectivity index (χ4n) is 0.481. The third-order valence-corrected chi connectivity index (χ3v) is 0.849. The highest BCUT2D eigenvalue weighted by Gasteiger charge is 1.82. The molecule has 0 bridgehead atoms. The topological polar surface area (TPSA) is 29.5 Å². The van der Waals surface area contributed by atoms with Gasteiger partial charge >= 0.3 is 0 Å². The third kappa shape index (κ3) is 2.15. The summed E-state index contributed by atoms with van der Waals surface area (Å²) in [6.45, 7) is 0. The summed E-state index contributed by atoms with van der Waals surface area (Å²) in [5, 5.41) is 8.04. The monoisotopic (exact) mass is 126 g/mol. The number of para-hydroxylation sites is 1. The molecule has 0 spiro atoms. The predicted molar refractivity (Wildman–Crippen MR) is 36.4 cm³/mol. The van der Waals surface area contributed by atoms with E-state index in [0.29, 0.717) is 5.75 Å². The van der Waals surface area contributed by atoms with Gasteiger partial charge in [-0.25, -0.2) is 5.26 Å². The van der Waals surface area contributed by atoms with Crippen molar-refractivity contribution in [3.05, 3.63) is 30.3 Å². The normalized spacial score (nSPS) is 7.67. The number of hydrogen-bond acceptors (Lipinski definition) is 2. The van der Waals surface area contributed by atoms with Gasteiger partial charge in [0.25, 0.3) is 0 Å². The van der Waals surface area contributed by atoms with Gasteiger partial charge in [-0.15, -0.1) is 0 Å². The summed E-state index contributed by atoms with van der Waals surface area (Å²) in [4.78, 5) is 3.91. The Labute approximate surface area is 54.6 Å². The van der Waals surface area contributed by atoms with E-state index in [9.17, 15) is 0 Å². The molecule has 0 aliphatic carbocycles. The molecule has 0 fully saturated rings. The molecule has 50 valence electrons. The van der Waals surface area contributed by atoms with Crippen molar-refractivity contribution in [2.24, 2.45) is 0 Å². The van der Waals surface area contributed by atoms with Crippen LogP contribution < -0.4 is 4.89 Å². The smallest absolute Gasteiger partial charge is 0.165 e. The molecule has 0 aliphatic heterocycles. The maximum absolute atomic E-state index is 8.04. The minimum atomic E-state index is 0. The molecule has 0 atom stereocenters. The molecule has 1 aromatic carbocycles. The van der Waals surface area contributed by atoms with E-state index >= 15 is 0 Å². The Morgan fingerprint density at radius 3 is 2.00 bits per heavy atom. The van der Waals surface area contributed by atoms with Crippen LogP contribution >= 0.6 is 0 Å². The molecule has 2 nitrogen and oxygen atoms in total. The highest BCUT2D eigenvalue weighted by atomic mass is 17.1. The Kier molecular flexibility index (Phi) is 3.48. The second-order valence-electron chi connectivity index (χ2n) is 1.40. The van der Waals surface area contributed by atoms with E-state index in [2.05, 4.69) is 4.89 Å². The van der Waals surface area contributed by atoms with Crippen molar-refractivity contribution >= 4 is 0 Å². The zero-order chi connectivity index (χ0) is 5.82. The summed E-state index contributed by atoms with van der Waals surface area (Å²) in [7, 11) is 0. The summed E-state index contributed by atoms with van der Waals surface area (Å²) in [6, 6.07) is 8.75. The van der Waals surface area contributed by atoms with E-state index in [1.165, 1.54) is 0 Å². The molecule has 0 unspecified atom stereocenters. The van der Waals surface area contributed by atoms with E-state index in [4.69, 9.17) is 5.26 Å². The third-order valence-electron chi connectivity index (χ3n) is 0.849. The van der Waals surface area contributed by atoms with Gasteiger partial charge in [-0.05, 0) is 12.1 Å². The van der Waals surface area contributed by atoms with Gasteiger partial charge in [0.05, 0.1) is 0 Å². The lowest BCUT2D eigenvalue weighted by Crippen LogP contribution is -1.79. The molecule has 1 N–H and O–H groups in total. The first-order valence-electron chi connectivity index (χ1n) is 2.30. The summed E-state index contributed by atoms with van der Waals surface area (Å²) in [6.07, 6.45) is 0. The Hall–Kier alpha value is -1.02. The quantitative estimate of drug-likeness (QED) is 0.461. The van der Waals surface area contributed by atoms with Crippen LogP contribution in [-0.2, 0) is 0 Å². The average Bonchev–Trinajstić information content (AvgIpc) is 1.90. The summed E-state index contributed by atoms with van der Waals surface area (Å²) in [5.41, 5.74) is 0. The van der Waals surface area contributed by atoms with E-state index < -0.39 is 0 Å². The molecule has 0 radical (unpaired) electrons. The van der Waals surface area contributed by atoms with Crippen molar-refractivity contribution in [2.75, 3.05) is 0 Å². The largest absolute Gasteiger partial charge is 0.340 e. The maximum atomic E-state index is 8.04.